The van der Waals surface area contributed by atoms with E-state index < -0.39 is 0 Å². The third-order valence-electron chi connectivity index (χ3n) is 4.56. The Hall–Kier alpha value is 1.62. The Labute approximate surface area is 201 Å². The highest BCUT2D eigenvalue weighted by molar-refractivity contribution is 8.45. The van der Waals surface area contributed by atoms with E-state index in [1.54, 1.807) is 23.5 Å². The van der Waals surface area contributed by atoms with Crippen molar-refractivity contribution >= 4 is 94.1 Å². The predicted octanol–water partition coefficient (Wildman–Crippen LogP) is 8.33. The largest absolute Gasteiger partial charge is 0.480 e. The molecule has 0 amide bonds. The summed E-state index contributed by atoms with van der Waals surface area (Å²) in [6.45, 7) is 1.35. The fraction of sp³-hybridized carbons (Fsp3) is 0.667. The number of thioether (sulfide) groups is 8. The van der Waals surface area contributed by atoms with E-state index in [9.17, 15) is 0 Å². The molecule has 0 aromatic carbocycles. The summed E-state index contributed by atoms with van der Waals surface area (Å²) in [6.07, 6.45) is 8.47. The minimum Gasteiger partial charge on any atom is -0.480 e. The minimum absolute atomic E-state index is 0.674. The fourth-order valence-corrected chi connectivity index (χ4v) is 16.4. The summed E-state index contributed by atoms with van der Waals surface area (Å²) in [5.41, 5.74) is 0. The first-order chi connectivity index (χ1) is 13.9. The zero-order chi connectivity index (χ0) is 18.8. The molecule has 2 nitrogen and oxygen atoms in total. The van der Waals surface area contributed by atoms with Gasteiger partial charge >= 0.3 is 0 Å². The van der Waals surface area contributed by atoms with Gasteiger partial charge in [-0.2, -0.15) is 0 Å². The van der Waals surface area contributed by atoms with Gasteiger partial charge in [0.15, 0.2) is 0 Å². The molecular weight excluding hydrogens is 505 g/mol. The molecule has 10 heteroatoms. The van der Waals surface area contributed by atoms with Gasteiger partial charge in [-0.3, -0.25) is 0 Å². The summed E-state index contributed by atoms with van der Waals surface area (Å²) in [4.78, 5) is 0. The molecule has 5 rings (SSSR count). The minimum atomic E-state index is 0.674. The first-order valence-corrected chi connectivity index (χ1v) is 16.8. The van der Waals surface area contributed by atoms with E-state index in [1.165, 1.54) is 67.0 Å². The Morgan fingerprint density at radius 2 is 1.00 bits per heavy atom. The molecule has 0 bridgehead atoms. The Morgan fingerprint density at radius 3 is 1.54 bits per heavy atom. The van der Waals surface area contributed by atoms with E-state index in [4.69, 9.17) is 9.47 Å². The van der Waals surface area contributed by atoms with E-state index in [0.717, 1.165) is 10.2 Å². The van der Waals surface area contributed by atoms with Crippen molar-refractivity contribution in [3.8, 4) is 0 Å². The molecule has 2 atom stereocenters. The molecule has 0 radical (unpaired) electrons. The van der Waals surface area contributed by atoms with Gasteiger partial charge in [0, 0.05) is 0 Å². The SMILES string of the molecule is C1CCCCS[C@H]2SC3=C(SC(=C4SC5=C(OCCO5)S4)S3)S[C@H]2SCCC1. The Balaban J connectivity index is 1.25. The summed E-state index contributed by atoms with van der Waals surface area (Å²) in [7, 11) is 0. The predicted molar refractivity (Wildman–Crippen MR) is 139 cm³/mol. The third kappa shape index (κ3) is 5.15. The van der Waals surface area contributed by atoms with Crippen molar-refractivity contribution in [1.82, 2.24) is 0 Å². The maximum absolute atomic E-state index is 5.77. The molecule has 5 heterocycles. The average Bonchev–Trinajstić information content (AvgIpc) is 3.31. The molecule has 5 aliphatic rings. The van der Waals surface area contributed by atoms with Gasteiger partial charge in [0.2, 0.25) is 10.2 Å². The van der Waals surface area contributed by atoms with Crippen LogP contribution in [-0.4, -0.2) is 33.9 Å². The summed E-state index contributed by atoms with van der Waals surface area (Å²) >= 11 is 16.2. The molecule has 0 unspecified atom stereocenters. The van der Waals surface area contributed by atoms with Crippen LogP contribution in [0.5, 0.6) is 0 Å². The Morgan fingerprint density at radius 1 is 0.536 bits per heavy atom. The lowest BCUT2D eigenvalue weighted by Crippen LogP contribution is -2.17. The van der Waals surface area contributed by atoms with Crippen LogP contribution >= 0.6 is 94.1 Å². The van der Waals surface area contributed by atoms with E-state index in [2.05, 4.69) is 47.0 Å². The topological polar surface area (TPSA) is 18.5 Å². The van der Waals surface area contributed by atoms with Crippen LogP contribution in [0.3, 0.4) is 0 Å². The van der Waals surface area contributed by atoms with Gasteiger partial charge in [-0.15, -0.1) is 47.0 Å². The average molecular weight is 527 g/mol. The number of hydrogen-bond donors (Lipinski definition) is 0. The van der Waals surface area contributed by atoms with Crippen molar-refractivity contribution < 1.29 is 9.47 Å². The molecule has 1 saturated heterocycles. The number of hydrogen-bond acceptors (Lipinski definition) is 10. The van der Waals surface area contributed by atoms with Crippen LogP contribution in [0.4, 0.5) is 0 Å². The van der Waals surface area contributed by atoms with E-state index in [0.29, 0.717) is 22.4 Å². The highest BCUT2D eigenvalue weighted by atomic mass is 32.3. The van der Waals surface area contributed by atoms with Crippen molar-refractivity contribution in [3.63, 3.8) is 0 Å². The van der Waals surface area contributed by atoms with Crippen molar-refractivity contribution in [1.29, 1.82) is 0 Å². The summed E-state index contributed by atoms with van der Waals surface area (Å²) in [6, 6.07) is 0. The number of rotatable bonds is 0. The molecule has 0 saturated carbocycles. The van der Waals surface area contributed by atoms with Crippen molar-refractivity contribution in [2.75, 3.05) is 24.7 Å². The number of fused-ring (bicyclic) bond motifs is 1. The van der Waals surface area contributed by atoms with Crippen LogP contribution in [0, 0.1) is 0 Å². The molecule has 1 fully saturated rings. The quantitative estimate of drug-likeness (QED) is 0.305. The van der Waals surface area contributed by atoms with Crippen molar-refractivity contribution in [2.45, 2.75) is 47.7 Å². The summed E-state index contributed by atoms with van der Waals surface area (Å²) in [5.74, 6) is 2.64. The third-order valence-corrected chi connectivity index (χ3v) is 17.3. The van der Waals surface area contributed by atoms with Crippen LogP contribution in [-0.2, 0) is 9.47 Å². The van der Waals surface area contributed by atoms with Crippen LogP contribution in [0.15, 0.2) is 27.1 Å². The first-order valence-electron chi connectivity index (χ1n) is 9.63. The van der Waals surface area contributed by atoms with Gasteiger partial charge in [0.25, 0.3) is 0 Å². The molecule has 0 N–H and O–H groups in total. The highest BCUT2D eigenvalue weighted by Gasteiger charge is 2.39. The van der Waals surface area contributed by atoms with E-state index in [-0.39, 0.29) is 0 Å². The van der Waals surface area contributed by atoms with Crippen molar-refractivity contribution in [2.24, 2.45) is 0 Å². The van der Waals surface area contributed by atoms with Crippen LogP contribution < -0.4 is 0 Å². The molecule has 0 aromatic heterocycles. The first kappa shape index (κ1) is 21.5. The van der Waals surface area contributed by atoms with Crippen LogP contribution in [0.1, 0.15) is 38.5 Å². The molecular formula is C18H22O2S8. The molecule has 5 aliphatic heterocycles. The molecule has 0 aromatic rings. The van der Waals surface area contributed by atoms with E-state index >= 15 is 0 Å². The molecule has 28 heavy (non-hydrogen) atoms. The monoisotopic (exact) mass is 526 g/mol. The van der Waals surface area contributed by atoms with Gasteiger partial charge in [0.05, 0.1) is 26.1 Å². The lowest BCUT2D eigenvalue weighted by molar-refractivity contribution is 0.0949. The lowest BCUT2D eigenvalue weighted by atomic mass is 10.1. The molecule has 0 aliphatic carbocycles. The number of ether oxygens (including phenoxy) is 2. The Bertz CT molecular complexity index is 650. The van der Waals surface area contributed by atoms with Gasteiger partial charge < -0.3 is 9.47 Å². The summed E-state index contributed by atoms with van der Waals surface area (Å²) in [5, 5.41) is 1.94. The zero-order valence-corrected chi connectivity index (χ0v) is 21.8. The second-order valence-electron chi connectivity index (χ2n) is 6.67. The van der Waals surface area contributed by atoms with Gasteiger partial charge in [-0.05, 0) is 47.9 Å². The zero-order valence-electron chi connectivity index (χ0n) is 15.3. The second kappa shape index (κ2) is 10.5. The fourth-order valence-electron chi connectivity index (χ4n) is 3.16. The van der Waals surface area contributed by atoms with Crippen LogP contribution in [0.25, 0.3) is 0 Å². The maximum Gasteiger partial charge on any atom is 0.208 e. The molecule has 154 valence electrons. The normalized spacial score (nSPS) is 32.0. The van der Waals surface area contributed by atoms with Crippen LogP contribution in [0.2, 0.25) is 0 Å². The maximum atomic E-state index is 5.77. The standard InChI is InChI=1S/C18H22O2S8/c1-2-4-6-10-22-14-13(21-9-5-3-1)25-17-18(26-14)28-16(27-17)15-23-11-12(24-15)20-8-7-19-11/h13-14H,1-10H2/t13-,14+. The van der Waals surface area contributed by atoms with Crippen molar-refractivity contribution in [3.05, 3.63) is 27.1 Å². The molecule has 0 spiro atoms. The van der Waals surface area contributed by atoms with E-state index in [1.807, 2.05) is 23.5 Å². The summed E-state index contributed by atoms with van der Waals surface area (Å²) < 4.78 is 18.8. The lowest BCUT2D eigenvalue weighted by Gasteiger charge is -2.30. The highest BCUT2D eigenvalue weighted by Crippen LogP contribution is 2.68. The second-order valence-corrected chi connectivity index (χ2v) is 17.1. The van der Waals surface area contributed by atoms with Gasteiger partial charge in [-0.25, -0.2) is 0 Å². The smallest absolute Gasteiger partial charge is 0.208 e. The Kier molecular flexibility index (Phi) is 8.04. The van der Waals surface area contributed by atoms with Gasteiger partial charge in [0.1, 0.15) is 13.2 Å². The van der Waals surface area contributed by atoms with Gasteiger partial charge in [-0.1, -0.05) is 49.2 Å².